The Balaban J connectivity index is 2.70. The maximum atomic E-state index is 13.8. The number of pyridine rings is 1. The molecule has 0 aliphatic carbocycles. The quantitative estimate of drug-likeness (QED) is 0.918. The number of hydrogen-bond acceptors (Lipinski definition) is 3. The van der Waals surface area contributed by atoms with Gasteiger partial charge in [0.15, 0.2) is 5.82 Å². The first kappa shape index (κ1) is 12.6. The molecule has 1 N–H and O–H groups in total. The summed E-state index contributed by atoms with van der Waals surface area (Å²) in [5.74, 6) is -0.557. The molecule has 2 aromatic rings. The standard InChI is InChI=1S/C13H11ClFN3/c1-2-5-17-12-8(6-16)7-18-13-9(12)3-4-10(14)11(13)15/h3-4,7H,2,5H2,1H3,(H,17,18). The van der Waals surface area contributed by atoms with Crippen LogP contribution in [0.2, 0.25) is 5.02 Å². The number of fused-ring (bicyclic) bond motifs is 1. The van der Waals surface area contributed by atoms with E-state index in [-0.39, 0.29) is 10.5 Å². The Morgan fingerprint density at radius 2 is 2.28 bits per heavy atom. The molecule has 18 heavy (non-hydrogen) atoms. The van der Waals surface area contributed by atoms with E-state index in [1.54, 1.807) is 6.07 Å². The van der Waals surface area contributed by atoms with E-state index in [0.717, 1.165) is 6.42 Å². The minimum absolute atomic E-state index is 0.0288. The topological polar surface area (TPSA) is 48.7 Å². The van der Waals surface area contributed by atoms with Gasteiger partial charge in [0.1, 0.15) is 11.6 Å². The molecule has 0 bridgehead atoms. The Labute approximate surface area is 109 Å². The number of halogens is 2. The van der Waals surface area contributed by atoms with Crippen LogP contribution in [0.1, 0.15) is 18.9 Å². The summed E-state index contributed by atoms with van der Waals surface area (Å²) in [6.45, 7) is 2.72. The van der Waals surface area contributed by atoms with Crippen molar-refractivity contribution in [3.8, 4) is 6.07 Å². The zero-order valence-electron chi connectivity index (χ0n) is 9.80. The molecule has 0 aliphatic rings. The van der Waals surface area contributed by atoms with Crippen LogP contribution in [0.4, 0.5) is 10.1 Å². The molecule has 0 fully saturated rings. The third-order valence-electron chi connectivity index (χ3n) is 2.60. The summed E-state index contributed by atoms with van der Waals surface area (Å²) < 4.78 is 13.8. The van der Waals surface area contributed by atoms with Crippen LogP contribution in [0.3, 0.4) is 0 Å². The zero-order valence-corrected chi connectivity index (χ0v) is 10.6. The van der Waals surface area contributed by atoms with Crippen LogP contribution >= 0.6 is 11.6 Å². The Kier molecular flexibility index (Phi) is 3.63. The van der Waals surface area contributed by atoms with Crippen LogP contribution < -0.4 is 5.32 Å². The van der Waals surface area contributed by atoms with Crippen LogP contribution in [0.5, 0.6) is 0 Å². The van der Waals surface area contributed by atoms with Gasteiger partial charge in [-0.3, -0.25) is 4.98 Å². The zero-order chi connectivity index (χ0) is 13.1. The summed E-state index contributed by atoms with van der Waals surface area (Å²) in [5, 5.41) is 12.8. The largest absolute Gasteiger partial charge is 0.383 e. The number of rotatable bonds is 3. The molecule has 0 unspecified atom stereocenters. The van der Waals surface area contributed by atoms with Crippen LogP contribution in [-0.2, 0) is 0 Å². The van der Waals surface area contributed by atoms with E-state index < -0.39 is 5.82 Å². The Morgan fingerprint density at radius 1 is 1.50 bits per heavy atom. The van der Waals surface area contributed by atoms with Gasteiger partial charge in [-0.05, 0) is 18.6 Å². The smallest absolute Gasteiger partial charge is 0.168 e. The van der Waals surface area contributed by atoms with Gasteiger partial charge in [-0.2, -0.15) is 5.26 Å². The minimum Gasteiger partial charge on any atom is -0.383 e. The third kappa shape index (κ3) is 2.09. The van der Waals surface area contributed by atoms with E-state index in [1.165, 1.54) is 12.3 Å². The van der Waals surface area contributed by atoms with Gasteiger partial charge in [0.25, 0.3) is 0 Å². The highest BCUT2D eigenvalue weighted by molar-refractivity contribution is 6.31. The van der Waals surface area contributed by atoms with Crippen LogP contribution in [0.15, 0.2) is 18.3 Å². The highest BCUT2D eigenvalue weighted by Gasteiger charge is 2.13. The first-order valence-electron chi connectivity index (χ1n) is 5.59. The van der Waals surface area contributed by atoms with Crippen molar-refractivity contribution in [2.24, 2.45) is 0 Å². The SMILES string of the molecule is CCCNc1c(C#N)cnc2c(F)c(Cl)ccc12. The molecule has 1 aromatic carbocycles. The summed E-state index contributed by atoms with van der Waals surface area (Å²) in [7, 11) is 0. The van der Waals surface area contributed by atoms with Crippen molar-refractivity contribution < 1.29 is 4.39 Å². The summed E-state index contributed by atoms with van der Waals surface area (Å²) >= 11 is 5.72. The van der Waals surface area contributed by atoms with Crippen molar-refractivity contribution in [2.75, 3.05) is 11.9 Å². The van der Waals surface area contributed by atoms with E-state index in [9.17, 15) is 4.39 Å². The predicted octanol–water partition coefficient (Wildman–Crippen LogP) is 3.72. The van der Waals surface area contributed by atoms with Crippen molar-refractivity contribution in [1.82, 2.24) is 4.98 Å². The maximum Gasteiger partial charge on any atom is 0.168 e. The molecule has 0 amide bonds. The lowest BCUT2D eigenvalue weighted by atomic mass is 10.1. The van der Waals surface area contributed by atoms with E-state index in [1.807, 2.05) is 6.92 Å². The van der Waals surface area contributed by atoms with Gasteiger partial charge < -0.3 is 5.32 Å². The molecular formula is C13H11ClFN3. The molecule has 1 heterocycles. The van der Waals surface area contributed by atoms with Gasteiger partial charge in [0.2, 0.25) is 0 Å². The molecule has 1 aromatic heterocycles. The fraction of sp³-hybridized carbons (Fsp3) is 0.231. The van der Waals surface area contributed by atoms with Crippen LogP contribution in [-0.4, -0.2) is 11.5 Å². The molecule has 0 spiro atoms. The van der Waals surface area contributed by atoms with Crippen molar-refractivity contribution >= 4 is 28.2 Å². The molecule has 2 rings (SSSR count). The van der Waals surface area contributed by atoms with Gasteiger partial charge in [-0.15, -0.1) is 0 Å². The average molecular weight is 264 g/mol. The van der Waals surface area contributed by atoms with E-state index in [0.29, 0.717) is 23.2 Å². The molecule has 0 saturated carbocycles. The van der Waals surface area contributed by atoms with Crippen molar-refractivity contribution in [2.45, 2.75) is 13.3 Å². The monoisotopic (exact) mass is 263 g/mol. The second kappa shape index (κ2) is 5.19. The summed E-state index contributed by atoms with van der Waals surface area (Å²) in [4.78, 5) is 3.96. The summed E-state index contributed by atoms with van der Waals surface area (Å²) in [6, 6.07) is 5.19. The Morgan fingerprint density at radius 3 is 2.94 bits per heavy atom. The number of hydrogen-bond donors (Lipinski definition) is 1. The highest BCUT2D eigenvalue weighted by Crippen LogP contribution is 2.30. The van der Waals surface area contributed by atoms with E-state index in [4.69, 9.17) is 16.9 Å². The third-order valence-corrected chi connectivity index (χ3v) is 2.89. The fourth-order valence-corrected chi connectivity index (χ4v) is 1.88. The number of nitrogens with zero attached hydrogens (tertiary/aromatic N) is 2. The lowest BCUT2D eigenvalue weighted by Gasteiger charge is -2.11. The molecule has 0 atom stereocenters. The second-order valence-electron chi connectivity index (χ2n) is 3.84. The predicted molar refractivity (Wildman–Crippen MR) is 70.2 cm³/mol. The van der Waals surface area contributed by atoms with Crippen LogP contribution in [0.25, 0.3) is 10.9 Å². The number of nitrogens with one attached hydrogen (secondary N) is 1. The molecule has 5 heteroatoms. The van der Waals surface area contributed by atoms with Gasteiger partial charge in [0, 0.05) is 18.1 Å². The van der Waals surface area contributed by atoms with E-state index >= 15 is 0 Å². The first-order chi connectivity index (χ1) is 8.69. The molecule has 0 aliphatic heterocycles. The van der Waals surface area contributed by atoms with Gasteiger partial charge in [-0.25, -0.2) is 4.39 Å². The molecule has 3 nitrogen and oxygen atoms in total. The Hall–Kier alpha value is -1.86. The highest BCUT2D eigenvalue weighted by atomic mass is 35.5. The van der Waals surface area contributed by atoms with Crippen molar-refractivity contribution in [3.63, 3.8) is 0 Å². The Bertz CT molecular complexity index is 634. The molecule has 92 valence electrons. The molecule has 0 saturated heterocycles. The second-order valence-corrected chi connectivity index (χ2v) is 4.25. The average Bonchev–Trinajstić information content (AvgIpc) is 2.40. The lowest BCUT2D eigenvalue weighted by Crippen LogP contribution is -2.04. The van der Waals surface area contributed by atoms with Gasteiger partial charge in [-0.1, -0.05) is 18.5 Å². The number of nitriles is 1. The summed E-state index contributed by atoms with van der Waals surface area (Å²) in [5.41, 5.74) is 1.19. The first-order valence-corrected chi connectivity index (χ1v) is 5.97. The normalized spacial score (nSPS) is 10.3. The molecule has 0 radical (unpaired) electrons. The minimum atomic E-state index is -0.557. The van der Waals surface area contributed by atoms with Crippen molar-refractivity contribution in [1.29, 1.82) is 5.26 Å². The fourth-order valence-electron chi connectivity index (χ4n) is 1.73. The number of benzene rings is 1. The number of aromatic nitrogens is 1. The summed E-state index contributed by atoms with van der Waals surface area (Å²) in [6.07, 6.45) is 2.27. The molecular weight excluding hydrogens is 253 g/mol. The van der Waals surface area contributed by atoms with Crippen LogP contribution in [0, 0.1) is 17.1 Å². The van der Waals surface area contributed by atoms with Gasteiger partial charge >= 0.3 is 0 Å². The van der Waals surface area contributed by atoms with Gasteiger partial charge in [0.05, 0.1) is 16.3 Å². The van der Waals surface area contributed by atoms with E-state index in [2.05, 4.69) is 16.4 Å². The maximum absolute atomic E-state index is 13.8. The number of anilines is 1. The lowest BCUT2D eigenvalue weighted by molar-refractivity contribution is 0.637. The van der Waals surface area contributed by atoms with Crippen molar-refractivity contribution in [3.05, 3.63) is 34.7 Å².